The van der Waals surface area contributed by atoms with Crippen molar-refractivity contribution in [3.05, 3.63) is 59.8 Å². The van der Waals surface area contributed by atoms with Gasteiger partial charge in [-0.15, -0.1) is 0 Å². The first-order chi connectivity index (χ1) is 15.3. The van der Waals surface area contributed by atoms with Crippen molar-refractivity contribution in [2.45, 2.75) is 45.7 Å². The van der Waals surface area contributed by atoms with E-state index in [-0.39, 0.29) is 12.1 Å². The van der Waals surface area contributed by atoms with Crippen LogP contribution in [0.4, 0.5) is 16.6 Å². The van der Waals surface area contributed by atoms with Crippen molar-refractivity contribution in [1.29, 1.82) is 0 Å². The smallest absolute Gasteiger partial charge is 0.323 e. The number of halogens is 1. The number of benzene rings is 1. The molecule has 1 fully saturated rings. The Bertz CT molecular complexity index is 1100. The molecule has 0 radical (unpaired) electrons. The summed E-state index contributed by atoms with van der Waals surface area (Å²) in [6, 6.07) is 9.29. The van der Waals surface area contributed by atoms with Crippen LogP contribution < -0.4 is 15.5 Å². The van der Waals surface area contributed by atoms with Gasteiger partial charge in [0.25, 0.3) is 0 Å². The highest BCUT2D eigenvalue weighted by atomic mass is 35.5. The zero-order valence-corrected chi connectivity index (χ0v) is 19.5. The minimum atomic E-state index is -0.499. The summed E-state index contributed by atoms with van der Waals surface area (Å²) in [5, 5.41) is 7.04. The summed E-state index contributed by atoms with van der Waals surface area (Å²) in [6.45, 7) is 8.96. The van der Waals surface area contributed by atoms with Gasteiger partial charge in [-0.05, 0) is 49.6 Å². The third-order valence-corrected chi connectivity index (χ3v) is 6.29. The molecular formula is C23H28ClN7O. The number of rotatable bonds is 7. The van der Waals surface area contributed by atoms with Gasteiger partial charge in [-0.2, -0.15) is 4.98 Å². The van der Waals surface area contributed by atoms with Crippen LogP contribution in [0, 0.1) is 5.92 Å². The fraction of sp³-hybridized carbons (Fsp3) is 0.391. The molecule has 0 aliphatic carbocycles. The first-order valence-electron chi connectivity index (χ1n) is 10.8. The zero-order valence-electron chi connectivity index (χ0n) is 18.7. The van der Waals surface area contributed by atoms with E-state index in [1.54, 1.807) is 23.5 Å². The Hall–Kier alpha value is -3.13. The van der Waals surface area contributed by atoms with Crippen LogP contribution in [0.3, 0.4) is 0 Å². The number of anilines is 2. The standard InChI is InChI=1S/C23H28ClN7O/c1-5-23(4,19-13-30(14-27-19)17-8-6-16(24)7-9-17)29-21-25-11-10-20(28-21)31-18(15(2)3)12-26-22(31)32/h6-11,13-15,18H,5,12H2,1-4H3,(H,26,32)(H,25,28,29)/t18-,23?/m1/s1. The number of hydrogen-bond donors (Lipinski definition) is 2. The van der Waals surface area contributed by atoms with E-state index < -0.39 is 5.54 Å². The lowest BCUT2D eigenvalue weighted by atomic mass is 9.95. The van der Waals surface area contributed by atoms with Crippen LogP contribution >= 0.6 is 11.6 Å². The Morgan fingerprint density at radius 2 is 2.00 bits per heavy atom. The lowest BCUT2D eigenvalue weighted by Gasteiger charge is -2.29. The second kappa shape index (κ2) is 8.78. The average Bonchev–Trinajstić information content (AvgIpc) is 3.42. The first kappa shape index (κ1) is 22.1. The van der Waals surface area contributed by atoms with Gasteiger partial charge in [-0.3, -0.25) is 4.90 Å². The van der Waals surface area contributed by atoms with E-state index in [2.05, 4.69) is 53.3 Å². The summed E-state index contributed by atoms with van der Waals surface area (Å²) < 4.78 is 1.96. The van der Waals surface area contributed by atoms with Crippen molar-refractivity contribution in [2.24, 2.45) is 5.92 Å². The van der Waals surface area contributed by atoms with Gasteiger partial charge in [-0.1, -0.05) is 32.4 Å². The Labute approximate surface area is 193 Å². The van der Waals surface area contributed by atoms with Crippen LogP contribution in [0.15, 0.2) is 49.1 Å². The fourth-order valence-electron chi connectivity index (χ4n) is 3.81. The topological polar surface area (TPSA) is 88.0 Å². The van der Waals surface area contributed by atoms with Crippen LogP contribution in [-0.4, -0.2) is 38.1 Å². The van der Waals surface area contributed by atoms with Crippen LogP contribution in [0.2, 0.25) is 5.02 Å². The normalized spacial score (nSPS) is 18.0. The van der Waals surface area contributed by atoms with Crippen molar-refractivity contribution in [1.82, 2.24) is 24.8 Å². The van der Waals surface area contributed by atoms with Crippen molar-refractivity contribution in [3.8, 4) is 5.69 Å². The number of imidazole rings is 1. The predicted molar refractivity (Wildman–Crippen MR) is 126 cm³/mol. The Kier molecular flexibility index (Phi) is 6.06. The molecule has 32 heavy (non-hydrogen) atoms. The van der Waals surface area contributed by atoms with Crippen LogP contribution in [0.5, 0.6) is 0 Å². The van der Waals surface area contributed by atoms with Crippen LogP contribution in [-0.2, 0) is 5.54 Å². The molecule has 2 aromatic heterocycles. The molecule has 1 saturated heterocycles. The lowest BCUT2D eigenvalue weighted by Crippen LogP contribution is -2.38. The highest BCUT2D eigenvalue weighted by molar-refractivity contribution is 6.30. The SMILES string of the molecule is CCC(C)(Nc1nccc(N2C(=O)NC[C@@H]2C(C)C)n1)c1cn(-c2ccc(Cl)cc2)cn1. The van der Waals surface area contributed by atoms with Gasteiger partial charge in [0.1, 0.15) is 5.82 Å². The molecule has 1 aliphatic heterocycles. The second-order valence-corrected chi connectivity index (χ2v) is 9.00. The molecule has 168 valence electrons. The number of nitrogens with zero attached hydrogens (tertiary/aromatic N) is 5. The molecular weight excluding hydrogens is 426 g/mol. The Morgan fingerprint density at radius 1 is 1.25 bits per heavy atom. The van der Waals surface area contributed by atoms with Crippen molar-refractivity contribution in [3.63, 3.8) is 0 Å². The second-order valence-electron chi connectivity index (χ2n) is 8.56. The minimum absolute atomic E-state index is 0.0536. The van der Waals surface area contributed by atoms with E-state index in [0.29, 0.717) is 29.3 Å². The zero-order chi connectivity index (χ0) is 22.9. The molecule has 0 bridgehead atoms. The molecule has 1 unspecified atom stereocenters. The number of carbonyl (C=O) groups is 1. The van der Waals surface area contributed by atoms with Gasteiger partial charge in [0.15, 0.2) is 0 Å². The molecule has 4 rings (SSSR count). The van der Waals surface area contributed by atoms with E-state index in [1.807, 2.05) is 35.0 Å². The fourth-order valence-corrected chi connectivity index (χ4v) is 3.94. The van der Waals surface area contributed by atoms with Gasteiger partial charge >= 0.3 is 6.03 Å². The summed E-state index contributed by atoms with van der Waals surface area (Å²) in [7, 11) is 0. The van der Waals surface area contributed by atoms with E-state index in [9.17, 15) is 4.79 Å². The van der Waals surface area contributed by atoms with Gasteiger partial charge < -0.3 is 15.2 Å². The van der Waals surface area contributed by atoms with Gasteiger partial charge in [0.2, 0.25) is 5.95 Å². The quantitative estimate of drug-likeness (QED) is 0.545. The number of aromatic nitrogens is 4. The van der Waals surface area contributed by atoms with E-state index in [0.717, 1.165) is 17.8 Å². The van der Waals surface area contributed by atoms with E-state index in [4.69, 9.17) is 11.6 Å². The lowest BCUT2D eigenvalue weighted by molar-refractivity contribution is 0.251. The maximum atomic E-state index is 12.4. The minimum Gasteiger partial charge on any atom is -0.343 e. The molecule has 2 amide bonds. The highest BCUT2D eigenvalue weighted by Crippen LogP contribution is 2.29. The maximum absolute atomic E-state index is 12.4. The summed E-state index contributed by atoms with van der Waals surface area (Å²) in [4.78, 5) is 27.9. The third kappa shape index (κ3) is 4.27. The maximum Gasteiger partial charge on any atom is 0.323 e. The Morgan fingerprint density at radius 3 is 2.69 bits per heavy atom. The molecule has 1 aromatic carbocycles. The predicted octanol–water partition coefficient (Wildman–Crippen LogP) is 4.61. The number of urea groups is 1. The van der Waals surface area contributed by atoms with Crippen LogP contribution in [0.1, 0.15) is 39.8 Å². The van der Waals surface area contributed by atoms with E-state index in [1.165, 1.54) is 0 Å². The monoisotopic (exact) mass is 453 g/mol. The molecule has 9 heteroatoms. The van der Waals surface area contributed by atoms with Crippen molar-refractivity contribution < 1.29 is 4.79 Å². The summed E-state index contributed by atoms with van der Waals surface area (Å²) in [6.07, 6.45) is 6.21. The number of nitrogens with one attached hydrogen (secondary N) is 2. The largest absolute Gasteiger partial charge is 0.343 e. The third-order valence-electron chi connectivity index (χ3n) is 6.04. The van der Waals surface area contributed by atoms with Crippen LogP contribution in [0.25, 0.3) is 5.69 Å². The molecule has 0 spiro atoms. The molecule has 0 saturated carbocycles. The molecule has 2 N–H and O–H groups in total. The Balaban J connectivity index is 1.59. The van der Waals surface area contributed by atoms with E-state index >= 15 is 0 Å². The number of amides is 2. The van der Waals surface area contributed by atoms with Crippen molar-refractivity contribution in [2.75, 3.05) is 16.8 Å². The summed E-state index contributed by atoms with van der Waals surface area (Å²) >= 11 is 6.01. The molecule has 2 atom stereocenters. The van der Waals surface area contributed by atoms with Gasteiger partial charge in [0.05, 0.1) is 23.6 Å². The first-order valence-corrected chi connectivity index (χ1v) is 11.2. The van der Waals surface area contributed by atoms with Gasteiger partial charge in [0, 0.05) is 29.6 Å². The van der Waals surface area contributed by atoms with Gasteiger partial charge in [-0.25, -0.2) is 14.8 Å². The molecule has 8 nitrogen and oxygen atoms in total. The number of carbonyl (C=O) groups excluding carboxylic acids is 1. The number of hydrogen-bond acceptors (Lipinski definition) is 5. The van der Waals surface area contributed by atoms with Crippen molar-refractivity contribution >= 4 is 29.4 Å². The molecule has 3 heterocycles. The average molecular weight is 454 g/mol. The molecule has 1 aliphatic rings. The molecule has 3 aromatic rings. The highest BCUT2D eigenvalue weighted by Gasteiger charge is 2.35. The summed E-state index contributed by atoms with van der Waals surface area (Å²) in [5.41, 5.74) is 1.34. The summed E-state index contributed by atoms with van der Waals surface area (Å²) in [5.74, 6) is 1.34.